The zero-order valence-corrected chi connectivity index (χ0v) is 14.8. The molecule has 1 aromatic heterocycles. The number of hydrogen-bond acceptors (Lipinski definition) is 3. The number of carbonyl (C=O) groups excluding carboxylic acids is 2. The molecule has 0 saturated carbocycles. The van der Waals surface area contributed by atoms with Gasteiger partial charge in [-0.25, -0.2) is 4.68 Å². The lowest BCUT2D eigenvalue weighted by Crippen LogP contribution is -2.27. The number of likely N-dealkylation sites (tertiary alicyclic amines) is 1. The molecule has 0 radical (unpaired) electrons. The van der Waals surface area contributed by atoms with E-state index in [1.54, 1.807) is 41.2 Å². The number of rotatable bonds is 4. The molecule has 0 unspecified atom stereocenters. The molecule has 4 rings (SSSR count). The number of nitrogens with one attached hydrogen (secondary N) is 1. The Morgan fingerprint density at radius 3 is 2.48 bits per heavy atom. The van der Waals surface area contributed by atoms with Crippen LogP contribution in [-0.4, -0.2) is 39.6 Å². The van der Waals surface area contributed by atoms with Gasteiger partial charge in [0, 0.05) is 30.5 Å². The molecule has 27 heavy (non-hydrogen) atoms. The lowest BCUT2D eigenvalue weighted by Gasteiger charge is -2.15. The van der Waals surface area contributed by atoms with Crippen LogP contribution in [0.2, 0.25) is 0 Å². The minimum Gasteiger partial charge on any atom is -0.339 e. The molecule has 136 valence electrons. The van der Waals surface area contributed by atoms with Gasteiger partial charge in [0.25, 0.3) is 11.8 Å². The van der Waals surface area contributed by atoms with E-state index in [-0.39, 0.29) is 11.8 Å². The van der Waals surface area contributed by atoms with E-state index in [2.05, 4.69) is 10.4 Å². The summed E-state index contributed by atoms with van der Waals surface area (Å²) in [5, 5.41) is 7.15. The zero-order chi connectivity index (χ0) is 18.6. The van der Waals surface area contributed by atoms with E-state index in [1.807, 2.05) is 35.2 Å². The predicted octanol–water partition coefficient (Wildman–Crippen LogP) is 3.36. The fourth-order valence-corrected chi connectivity index (χ4v) is 3.20. The first-order valence-electron chi connectivity index (χ1n) is 9.02. The number of benzene rings is 2. The first kappa shape index (κ1) is 17.0. The first-order chi connectivity index (χ1) is 13.2. The third kappa shape index (κ3) is 3.74. The Balaban J connectivity index is 1.48. The summed E-state index contributed by atoms with van der Waals surface area (Å²) in [6.07, 6.45) is 3.84. The van der Waals surface area contributed by atoms with Crippen molar-refractivity contribution in [3.8, 4) is 5.69 Å². The Bertz CT molecular complexity index is 959. The Morgan fingerprint density at radius 1 is 0.926 bits per heavy atom. The van der Waals surface area contributed by atoms with Gasteiger partial charge in [0.05, 0.1) is 5.69 Å². The van der Waals surface area contributed by atoms with Gasteiger partial charge in [-0.15, -0.1) is 0 Å². The maximum Gasteiger partial charge on any atom is 0.276 e. The van der Waals surface area contributed by atoms with Crippen molar-refractivity contribution in [1.29, 1.82) is 0 Å². The fraction of sp³-hybridized carbons (Fsp3) is 0.190. The van der Waals surface area contributed by atoms with Gasteiger partial charge in [-0.1, -0.05) is 24.3 Å². The van der Waals surface area contributed by atoms with E-state index in [0.717, 1.165) is 31.6 Å². The molecule has 1 fully saturated rings. The van der Waals surface area contributed by atoms with E-state index in [0.29, 0.717) is 16.9 Å². The maximum absolute atomic E-state index is 12.5. The summed E-state index contributed by atoms with van der Waals surface area (Å²) in [5.41, 5.74) is 2.37. The van der Waals surface area contributed by atoms with Crippen molar-refractivity contribution in [3.05, 3.63) is 78.1 Å². The molecule has 1 aliphatic heterocycles. The second kappa shape index (κ2) is 7.45. The van der Waals surface area contributed by atoms with Crippen molar-refractivity contribution >= 4 is 17.5 Å². The monoisotopic (exact) mass is 360 g/mol. The molecule has 2 aromatic carbocycles. The minimum atomic E-state index is -0.310. The van der Waals surface area contributed by atoms with E-state index >= 15 is 0 Å². The molecule has 0 aliphatic carbocycles. The van der Waals surface area contributed by atoms with Crippen LogP contribution in [0, 0.1) is 0 Å². The summed E-state index contributed by atoms with van der Waals surface area (Å²) < 4.78 is 1.65. The SMILES string of the molecule is O=C(Nc1cccc(C(=O)N2CCCC2)c1)c1ccn(-c2ccccc2)n1. The smallest absolute Gasteiger partial charge is 0.276 e. The second-order valence-corrected chi connectivity index (χ2v) is 6.52. The number of amides is 2. The lowest BCUT2D eigenvalue weighted by molar-refractivity contribution is 0.0792. The van der Waals surface area contributed by atoms with Gasteiger partial charge in [-0.05, 0) is 49.2 Å². The highest BCUT2D eigenvalue weighted by atomic mass is 16.2. The summed E-state index contributed by atoms with van der Waals surface area (Å²) in [7, 11) is 0. The normalized spacial score (nSPS) is 13.6. The molecule has 3 aromatic rings. The highest BCUT2D eigenvalue weighted by molar-refractivity contribution is 6.03. The first-order valence-corrected chi connectivity index (χ1v) is 9.02. The van der Waals surface area contributed by atoms with Gasteiger partial charge in [-0.2, -0.15) is 5.10 Å². The highest BCUT2D eigenvalue weighted by Crippen LogP contribution is 2.17. The lowest BCUT2D eigenvalue weighted by atomic mass is 10.1. The Morgan fingerprint density at radius 2 is 1.70 bits per heavy atom. The molecule has 0 spiro atoms. The van der Waals surface area contributed by atoms with Crippen molar-refractivity contribution in [2.24, 2.45) is 0 Å². The van der Waals surface area contributed by atoms with Crippen LogP contribution >= 0.6 is 0 Å². The number of carbonyl (C=O) groups is 2. The Kier molecular flexibility index (Phi) is 4.70. The Hall–Kier alpha value is -3.41. The van der Waals surface area contributed by atoms with Gasteiger partial charge in [0.2, 0.25) is 0 Å². The predicted molar refractivity (Wildman–Crippen MR) is 103 cm³/mol. The van der Waals surface area contributed by atoms with Gasteiger partial charge in [0.15, 0.2) is 5.69 Å². The zero-order valence-electron chi connectivity index (χ0n) is 14.8. The van der Waals surface area contributed by atoms with Crippen molar-refractivity contribution in [2.45, 2.75) is 12.8 Å². The van der Waals surface area contributed by atoms with E-state index in [4.69, 9.17) is 0 Å². The van der Waals surface area contributed by atoms with Gasteiger partial charge in [-0.3, -0.25) is 9.59 Å². The van der Waals surface area contributed by atoms with E-state index < -0.39 is 0 Å². The van der Waals surface area contributed by atoms with Crippen molar-refractivity contribution in [3.63, 3.8) is 0 Å². The van der Waals surface area contributed by atoms with Crippen molar-refractivity contribution in [1.82, 2.24) is 14.7 Å². The van der Waals surface area contributed by atoms with Crippen LogP contribution in [0.3, 0.4) is 0 Å². The van der Waals surface area contributed by atoms with E-state index in [1.165, 1.54) is 0 Å². The van der Waals surface area contributed by atoms with Crippen LogP contribution in [-0.2, 0) is 0 Å². The highest BCUT2D eigenvalue weighted by Gasteiger charge is 2.20. The molecule has 1 aliphatic rings. The van der Waals surface area contributed by atoms with Crippen molar-refractivity contribution in [2.75, 3.05) is 18.4 Å². The van der Waals surface area contributed by atoms with Gasteiger partial charge < -0.3 is 10.2 Å². The second-order valence-electron chi connectivity index (χ2n) is 6.52. The molecule has 1 N–H and O–H groups in total. The third-order valence-electron chi connectivity index (χ3n) is 4.60. The van der Waals surface area contributed by atoms with Gasteiger partial charge in [0.1, 0.15) is 0 Å². The number of hydrogen-bond donors (Lipinski definition) is 1. The summed E-state index contributed by atoms with van der Waals surface area (Å²) >= 11 is 0. The molecule has 2 heterocycles. The van der Waals surface area contributed by atoms with Crippen LogP contribution in [0.15, 0.2) is 66.9 Å². The molecule has 0 bridgehead atoms. The molecular weight excluding hydrogens is 340 g/mol. The van der Waals surface area contributed by atoms with Gasteiger partial charge >= 0.3 is 0 Å². The summed E-state index contributed by atoms with van der Waals surface area (Å²) in [6, 6.07) is 18.3. The van der Waals surface area contributed by atoms with Crippen LogP contribution < -0.4 is 5.32 Å². The summed E-state index contributed by atoms with van der Waals surface area (Å²) in [6.45, 7) is 1.60. The molecular formula is C21H20N4O2. The molecule has 6 nitrogen and oxygen atoms in total. The average Bonchev–Trinajstić information content (AvgIpc) is 3.40. The summed E-state index contributed by atoms with van der Waals surface area (Å²) in [5.74, 6) is -0.299. The topological polar surface area (TPSA) is 67.2 Å². The largest absolute Gasteiger partial charge is 0.339 e. The maximum atomic E-state index is 12.5. The number of anilines is 1. The van der Waals surface area contributed by atoms with Crippen LogP contribution in [0.4, 0.5) is 5.69 Å². The van der Waals surface area contributed by atoms with E-state index in [9.17, 15) is 9.59 Å². The van der Waals surface area contributed by atoms with Crippen molar-refractivity contribution < 1.29 is 9.59 Å². The number of aromatic nitrogens is 2. The number of para-hydroxylation sites is 1. The quantitative estimate of drug-likeness (QED) is 0.776. The standard InChI is InChI=1S/C21H20N4O2/c26-20(19-11-14-25(23-19)18-9-2-1-3-10-18)22-17-8-6-7-16(15-17)21(27)24-12-4-5-13-24/h1-3,6-11,14-15H,4-5,12-13H2,(H,22,26). The molecule has 0 atom stereocenters. The number of nitrogens with zero attached hydrogens (tertiary/aromatic N) is 3. The molecule has 6 heteroatoms. The summed E-state index contributed by atoms with van der Waals surface area (Å²) in [4.78, 5) is 26.9. The fourth-order valence-electron chi connectivity index (χ4n) is 3.20. The molecule has 1 saturated heterocycles. The van der Waals surface area contributed by atoms with Crippen LogP contribution in [0.25, 0.3) is 5.69 Å². The van der Waals surface area contributed by atoms with Crippen LogP contribution in [0.1, 0.15) is 33.7 Å². The Labute approximate surface area is 157 Å². The average molecular weight is 360 g/mol. The van der Waals surface area contributed by atoms with Crippen LogP contribution in [0.5, 0.6) is 0 Å². The minimum absolute atomic E-state index is 0.0111. The molecule has 2 amide bonds. The third-order valence-corrected chi connectivity index (χ3v) is 4.60.